The van der Waals surface area contributed by atoms with E-state index in [1.165, 1.54) is 11.3 Å². The number of carbonyl (C=O) groups excluding carboxylic acids is 1. The Morgan fingerprint density at radius 3 is 2.74 bits per heavy atom. The zero-order valence-corrected chi connectivity index (χ0v) is 14.4. The average Bonchev–Trinajstić information content (AvgIpc) is 3.10. The van der Waals surface area contributed by atoms with Crippen LogP contribution >= 0.6 is 11.3 Å². The molecule has 7 nitrogen and oxygen atoms in total. The van der Waals surface area contributed by atoms with Gasteiger partial charge in [0, 0.05) is 25.5 Å². The minimum Gasteiger partial charge on any atom is -0.301 e. The van der Waals surface area contributed by atoms with Gasteiger partial charge in [0.05, 0.1) is 23.0 Å². The molecule has 1 aliphatic rings. The van der Waals surface area contributed by atoms with E-state index in [4.69, 9.17) is 0 Å². The van der Waals surface area contributed by atoms with E-state index in [0.29, 0.717) is 29.6 Å². The highest BCUT2D eigenvalue weighted by atomic mass is 32.1. The van der Waals surface area contributed by atoms with Gasteiger partial charge < -0.3 is 5.32 Å². The van der Waals surface area contributed by atoms with Gasteiger partial charge in [-0.25, -0.2) is 9.97 Å². The van der Waals surface area contributed by atoms with Crippen molar-refractivity contribution >= 4 is 22.4 Å². The molecule has 0 bridgehead atoms. The van der Waals surface area contributed by atoms with E-state index in [9.17, 15) is 9.59 Å². The summed E-state index contributed by atoms with van der Waals surface area (Å²) in [6, 6.07) is -0.363. The molecular weight excluding hydrogens is 314 g/mol. The number of anilines is 1. The number of nitrogens with one attached hydrogen (secondary N) is 1. The molecule has 0 fully saturated rings. The van der Waals surface area contributed by atoms with E-state index in [2.05, 4.69) is 15.3 Å². The molecule has 0 unspecified atom stereocenters. The number of aryl methyl sites for hydroxylation is 2. The molecule has 0 radical (unpaired) electrons. The third-order valence-corrected chi connectivity index (χ3v) is 5.06. The van der Waals surface area contributed by atoms with Crippen LogP contribution in [0.15, 0.2) is 10.2 Å². The van der Waals surface area contributed by atoms with Crippen molar-refractivity contribution in [2.45, 2.75) is 39.9 Å². The summed E-state index contributed by atoms with van der Waals surface area (Å²) in [5, 5.41) is 5.32. The number of rotatable bonds is 3. The Labute approximate surface area is 138 Å². The summed E-state index contributed by atoms with van der Waals surface area (Å²) in [6.07, 6.45) is 0. The quantitative estimate of drug-likeness (QED) is 0.913. The lowest BCUT2D eigenvalue weighted by atomic mass is 10.2. The van der Waals surface area contributed by atoms with Crippen molar-refractivity contribution in [3.8, 4) is 0 Å². The van der Waals surface area contributed by atoms with E-state index >= 15 is 0 Å². The van der Waals surface area contributed by atoms with E-state index in [-0.39, 0.29) is 17.5 Å². The molecular formula is C15H19N5O2S. The van der Waals surface area contributed by atoms with Crippen LogP contribution in [0, 0.1) is 13.8 Å². The number of fused-ring (bicyclic) bond motifs is 1. The van der Waals surface area contributed by atoms with Crippen molar-refractivity contribution in [1.29, 1.82) is 0 Å². The van der Waals surface area contributed by atoms with Crippen LogP contribution in [0.25, 0.3) is 0 Å². The highest BCUT2D eigenvalue weighted by molar-refractivity contribution is 7.13. The van der Waals surface area contributed by atoms with Crippen molar-refractivity contribution in [3.63, 3.8) is 0 Å². The molecule has 0 saturated heterocycles. The number of carbonyl (C=O) groups is 1. The Hall–Kier alpha value is -2.06. The Balaban J connectivity index is 1.75. The number of thiazole rings is 1. The number of hydrogen-bond donors (Lipinski definition) is 1. The van der Waals surface area contributed by atoms with Gasteiger partial charge in [0.15, 0.2) is 5.13 Å². The van der Waals surface area contributed by atoms with Crippen LogP contribution in [0.4, 0.5) is 5.13 Å². The highest BCUT2D eigenvalue weighted by Gasteiger charge is 2.31. The van der Waals surface area contributed by atoms with Gasteiger partial charge in [0.25, 0.3) is 5.56 Å². The van der Waals surface area contributed by atoms with E-state index in [1.807, 2.05) is 31.1 Å². The average molecular weight is 333 g/mol. The molecule has 1 atom stereocenters. The molecule has 2 aromatic rings. The minimum absolute atomic E-state index is 0.0295. The lowest BCUT2D eigenvalue weighted by Crippen LogP contribution is -2.39. The standard InChI is InChI=1S/C15H19N5O2S/c1-8-7-23-15(16-8)18-13(21)9(2)20-5-11-12(6-20)17-10(3)19(4)14(11)22/h7,9H,5-6H2,1-4H3,(H,16,18,21)/t9-/m0/s1. The Morgan fingerprint density at radius 1 is 1.35 bits per heavy atom. The van der Waals surface area contributed by atoms with Gasteiger partial charge in [0.2, 0.25) is 5.91 Å². The van der Waals surface area contributed by atoms with Crippen LogP contribution in [-0.4, -0.2) is 31.4 Å². The number of nitrogens with zero attached hydrogens (tertiary/aromatic N) is 4. The molecule has 8 heteroatoms. The molecule has 1 amide bonds. The fraction of sp³-hybridized carbons (Fsp3) is 0.467. The first kappa shape index (κ1) is 15.8. The maximum atomic E-state index is 12.4. The third-order valence-electron chi connectivity index (χ3n) is 4.18. The predicted octanol–water partition coefficient (Wildman–Crippen LogP) is 1.20. The molecule has 3 rings (SSSR count). The summed E-state index contributed by atoms with van der Waals surface area (Å²) in [6.45, 7) is 6.49. The molecule has 2 aromatic heterocycles. The summed E-state index contributed by atoms with van der Waals surface area (Å²) in [4.78, 5) is 35.4. The third kappa shape index (κ3) is 2.91. The largest absolute Gasteiger partial charge is 0.301 e. The Morgan fingerprint density at radius 2 is 2.09 bits per heavy atom. The second-order valence-corrected chi connectivity index (χ2v) is 6.67. The Bertz CT molecular complexity index is 826. The molecule has 3 heterocycles. The second-order valence-electron chi connectivity index (χ2n) is 5.81. The van der Waals surface area contributed by atoms with Crippen molar-refractivity contribution in [2.24, 2.45) is 7.05 Å². The summed E-state index contributed by atoms with van der Waals surface area (Å²) >= 11 is 1.40. The van der Waals surface area contributed by atoms with E-state index in [0.717, 1.165) is 11.4 Å². The van der Waals surface area contributed by atoms with Gasteiger partial charge >= 0.3 is 0 Å². The summed E-state index contributed by atoms with van der Waals surface area (Å²) in [5.74, 6) is 0.562. The first-order valence-corrected chi connectivity index (χ1v) is 8.27. The maximum Gasteiger partial charge on any atom is 0.258 e. The minimum atomic E-state index is -0.363. The fourth-order valence-electron chi connectivity index (χ4n) is 2.61. The van der Waals surface area contributed by atoms with Crippen molar-refractivity contribution in [3.05, 3.63) is 38.5 Å². The summed E-state index contributed by atoms with van der Waals surface area (Å²) in [5.41, 5.74) is 2.31. The SMILES string of the molecule is Cc1csc(NC(=O)[C@H](C)N2Cc3nc(C)n(C)c(=O)c3C2)n1. The smallest absolute Gasteiger partial charge is 0.258 e. The van der Waals surface area contributed by atoms with Gasteiger partial charge in [-0.05, 0) is 20.8 Å². The lowest BCUT2D eigenvalue weighted by Gasteiger charge is -2.21. The maximum absolute atomic E-state index is 12.4. The van der Waals surface area contributed by atoms with Gasteiger partial charge in [-0.15, -0.1) is 11.3 Å². The molecule has 1 aliphatic heterocycles. The van der Waals surface area contributed by atoms with Gasteiger partial charge in [0.1, 0.15) is 5.82 Å². The van der Waals surface area contributed by atoms with Crippen molar-refractivity contribution < 1.29 is 4.79 Å². The lowest BCUT2D eigenvalue weighted by molar-refractivity contribution is -0.120. The molecule has 0 aliphatic carbocycles. The van der Waals surface area contributed by atoms with Crippen LogP contribution in [0.2, 0.25) is 0 Å². The van der Waals surface area contributed by atoms with E-state index < -0.39 is 0 Å². The molecule has 0 aromatic carbocycles. The molecule has 0 saturated carbocycles. The van der Waals surface area contributed by atoms with Crippen molar-refractivity contribution in [1.82, 2.24) is 19.4 Å². The van der Waals surface area contributed by atoms with Crippen LogP contribution in [0.5, 0.6) is 0 Å². The Kier molecular flexibility index (Phi) is 4.03. The number of aromatic nitrogens is 3. The topological polar surface area (TPSA) is 80.1 Å². The number of hydrogen-bond acceptors (Lipinski definition) is 6. The monoisotopic (exact) mass is 333 g/mol. The molecule has 122 valence electrons. The number of amides is 1. The first-order chi connectivity index (χ1) is 10.9. The normalized spacial score (nSPS) is 15.5. The summed E-state index contributed by atoms with van der Waals surface area (Å²) in [7, 11) is 1.72. The molecule has 1 N–H and O–H groups in total. The summed E-state index contributed by atoms with van der Waals surface area (Å²) < 4.78 is 1.55. The molecule has 0 spiro atoms. The fourth-order valence-corrected chi connectivity index (χ4v) is 3.30. The first-order valence-electron chi connectivity index (χ1n) is 7.39. The zero-order chi connectivity index (χ0) is 16.7. The van der Waals surface area contributed by atoms with Crippen LogP contribution < -0.4 is 10.9 Å². The van der Waals surface area contributed by atoms with Crippen molar-refractivity contribution in [2.75, 3.05) is 5.32 Å². The van der Waals surface area contributed by atoms with Gasteiger partial charge in [-0.3, -0.25) is 19.1 Å². The predicted molar refractivity (Wildman–Crippen MR) is 88.4 cm³/mol. The van der Waals surface area contributed by atoms with E-state index in [1.54, 1.807) is 11.6 Å². The van der Waals surface area contributed by atoms with Crippen LogP contribution in [0.1, 0.15) is 29.7 Å². The van der Waals surface area contributed by atoms with Gasteiger partial charge in [-0.1, -0.05) is 0 Å². The second kappa shape index (κ2) is 5.86. The zero-order valence-electron chi connectivity index (χ0n) is 13.6. The molecule has 23 heavy (non-hydrogen) atoms. The van der Waals surface area contributed by atoms with Crippen LogP contribution in [0.3, 0.4) is 0 Å². The highest BCUT2D eigenvalue weighted by Crippen LogP contribution is 2.22. The van der Waals surface area contributed by atoms with Gasteiger partial charge in [-0.2, -0.15) is 0 Å². The van der Waals surface area contributed by atoms with Crippen LogP contribution in [-0.2, 0) is 24.9 Å².